The van der Waals surface area contributed by atoms with Gasteiger partial charge in [-0.05, 0) is 24.1 Å². The predicted octanol–water partition coefficient (Wildman–Crippen LogP) is 3.62. The third-order valence-corrected chi connectivity index (χ3v) is 2.94. The summed E-state index contributed by atoms with van der Waals surface area (Å²) in [5.74, 6) is -3.14. The van der Waals surface area contributed by atoms with Crippen molar-refractivity contribution in [1.82, 2.24) is 0 Å². The van der Waals surface area contributed by atoms with Crippen molar-refractivity contribution in [3.8, 4) is 11.8 Å². The van der Waals surface area contributed by atoms with Crippen molar-refractivity contribution in [2.75, 3.05) is 0 Å². The van der Waals surface area contributed by atoms with E-state index in [0.29, 0.717) is 0 Å². The first kappa shape index (κ1) is 14.7. The molecule has 0 aromatic heterocycles. The molecule has 0 aliphatic heterocycles. The summed E-state index contributed by atoms with van der Waals surface area (Å²) in [6.07, 6.45) is 0.835. The standard InChI is InChI=1S/C16H11F2NO2/c1-2-10-3-5-11(6-4-10)16(20)21-12-7-14(17)13(9-19)15(18)8-12/h3-8H,2H2,1H3. The molecule has 0 heterocycles. The smallest absolute Gasteiger partial charge is 0.343 e. The second-order valence-corrected chi connectivity index (χ2v) is 4.31. The first-order valence-corrected chi connectivity index (χ1v) is 6.25. The minimum Gasteiger partial charge on any atom is -0.423 e. The van der Waals surface area contributed by atoms with Gasteiger partial charge in [0.2, 0.25) is 0 Å². The highest BCUT2D eigenvalue weighted by molar-refractivity contribution is 5.91. The maximum Gasteiger partial charge on any atom is 0.343 e. The van der Waals surface area contributed by atoms with E-state index < -0.39 is 23.2 Å². The van der Waals surface area contributed by atoms with Gasteiger partial charge in [-0.25, -0.2) is 13.6 Å². The number of aryl methyl sites for hydroxylation is 1. The van der Waals surface area contributed by atoms with Crippen LogP contribution < -0.4 is 4.74 Å². The van der Waals surface area contributed by atoms with Crippen LogP contribution >= 0.6 is 0 Å². The first-order chi connectivity index (χ1) is 10.0. The summed E-state index contributed by atoms with van der Waals surface area (Å²) in [6.45, 7) is 1.98. The molecule has 0 N–H and O–H groups in total. The highest BCUT2D eigenvalue weighted by atomic mass is 19.1. The zero-order valence-corrected chi connectivity index (χ0v) is 11.2. The van der Waals surface area contributed by atoms with Crippen molar-refractivity contribution in [3.63, 3.8) is 0 Å². The first-order valence-electron chi connectivity index (χ1n) is 6.25. The summed E-state index contributed by atoms with van der Waals surface area (Å²) < 4.78 is 31.7. The molecule has 0 aliphatic rings. The van der Waals surface area contributed by atoms with Gasteiger partial charge in [0.05, 0.1) is 5.56 Å². The molecule has 106 valence electrons. The van der Waals surface area contributed by atoms with Crippen molar-refractivity contribution in [2.24, 2.45) is 0 Å². The van der Waals surface area contributed by atoms with Crippen LogP contribution in [0.4, 0.5) is 8.78 Å². The van der Waals surface area contributed by atoms with E-state index in [2.05, 4.69) is 0 Å². The molecule has 0 unspecified atom stereocenters. The lowest BCUT2D eigenvalue weighted by Gasteiger charge is -2.06. The molecular formula is C16H11F2NO2. The van der Waals surface area contributed by atoms with Gasteiger partial charge in [0.1, 0.15) is 29.0 Å². The minimum atomic E-state index is -1.07. The van der Waals surface area contributed by atoms with E-state index in [1.165, 1.54) is 6.07 Å². The van der Waals surface area contributed by atoms with E-state index in [0.717, 1.165) is 24.1 Å². The van der Waals surface area contributed by atoms with E-state index in [1.54, 1.807) is 24.3 Å². The number of esters is 1. The van der Waals surface area contributed by atoms with Gasteiger partial charge in [-0.15, -0.1) is 0 Å². The molecule has 2 aromatic carbocycles. The molecule has 5 heteroatoms. The molecule has 0 saturated carbocycles. The monoisotopic (exact) mass is 287 g/mol. The number of carbonyl (C=O) groups is 1. The Morgan fingerprint density at radius 3 is 2.24 bits per heavy atom. The zero-order valence-electron chi connectivity index (χ0n) is 11.2. The van der Waals surface area contributed by atoms with E-state index in [1.807, 2.05) is 6.92 Å². The molecule has 0 amide bonds. The van der Waals surface area contributed by atoms with Crippen molar-refractivity contribution < 1.29 is 18.3 Å². The predicted molar refractivity (Wildman–Crippen MR) is 71.9 cm³/mol. The summed E-state index contributed by atoms with van der Waals surface area (Å²) in [6, 6.07) is 9.72. The van der Waals surface area contributed by atoms with Crippen LogP contribution in [0.15, 0.2) is 36.4 Å². The number of halogens is 2. The fourth-order valence-electron chi connectivity index (χ4n) is 1.76. The van der Waals surface area contributed by atoms with Gasteiger partial charge in [-0.3, -0.25) is 0 Å². The van der Waals surface area contributed by atoms with Crippen LogP contribution in [-0.2, 0) is 6.42 Å². The summed E-state index contributed by atoms with van der Waals surface area (Å²) >= 11 is 0. The highest BCUT2D eigenvalue weighted by Gasteiger charge is 2.14. The van der Waals surface area contributed by atoms with Crippen LogP contribution in [0.25, 0.3) is 0 Å². The number of nitriles is 1. The number of nitrogens with zero attached hydrogens (tertiary/aromatic N) is 1. The number of carbonyl (C=O) groups excluding carboxylic acids is 1. The molecule has 2 rings (SSSR count). The maximum atomic E-state index is 13.4. The lowest BCUT2D eigenvalue weighted by atomic mass is 10.1. The molecule has 0 aliphatic carbocycles. The molecule has 0 fully saturated rings. The summed E-state index contributed by atoms with van der Waals surface area (Å²) in [5, 5.41) is 8.56. The second-order valence-electron chi connectivity index (χ2n) is 4.31. The van der Waals surface area contributed by atoms with Gasteiger partial charge in [-0.1, -0.05) is 19.1 Å². The number of hydrogen-bond donors (Lipinski definition) is 0. The number of rotatable bonds is 3. The molecule has 0 atom stereocenters. The topological polar surface area (TPSA) is 50.1 Å². The van der Waals surface area contributed by atoms with Crippen molar-refractivity contribution in [1.29, 1.82) is 5.26 Å². The fraction of sp³-hybridized carbons (Fsp3) is 0.125. The second kappa shape index (κ2) is 6.14. The van der Waals surface area contributed by atoms with Crippen LogP contribution in [0, 0.1) is 23.0 Å². The van der Waals surface area contributed by atoms with Crippen LogP contribution in [-0.4, -0.2) is 5.97 Å². The third kappa shape index (κ3) is 3.23. The largest absolute Gasteiger partial charge is 0.423 e. The Balaban J connectivity index is 2.21. The normalized spacial score (nSPS) is 10.0. The average Bonchev–Trinajstić information content (AvgIpc) is 2.47. The Morgan fingerprint density at radius 1 is 1.19 bits per heavy atom. The zero-order chi connectivity index (χ0) is 15.4. The molecular weight excluding hydrogens is 276 g/mol. The SMILES string of the molecule is CCc1ccc(C(=O)Oc2cc(F)c(C#N)c(F)c2)cc1. The molecule has 0 radical (unpaired) electrons. The number of hydrogen-bond acceptors (Lipinski definition) is 3. The van der Waals surface area contributed by atoms with E-state index in [9.17, 15) is 13.6 Å². The van der Waals surface area contributed by atoms with Crippen molar-refractivity contribution in [3.05, 3.63) is 64.7 Å². The minimum absolute atomic E-state index is 0.275. The summed E-state index contributed by atoms with van der Waals surface area (Å²) in [5.41, 5.74) is 0.626. The fourth-order valence-corrected chi connectivity index (χ4v) is 1.76. The van der Waals surface area contributed by atoms with Gasteiger partial charge < -0.3 is 4.74 Å². The van der Waals surface area contributed by atoms with Crippen LogP contribution in [0.3, 0.4) is 0 Å². The molecule has 3 nitrogen and oxygen atoms in total. The maximum absolute atomic E-state index is 13.4. The lowest BCUT2D eigenvalue weighted by Crippen LogP contribution is -2.09. The summed E-state index contributed by atoms with van der Waals surface area (Å²) in [7, 11) is 0. The number of ether oxygens (including phenoxy) is 1. The Labute approximate surface area is 120 Å². The molecule has 0 bridgehead atoms. The van der Waals surface area contributed by atoms with Gasteiger partial charge >= 0.3 is 5.97 Å². The quantitative estimate of drug-likeness (QED) is 0.640. The third-order valence-electron chi connectivity index (χ3n) is 2.94. The Morgan fingerprint density at radius 2 is 1.76 bits per heavy atom. The average molecular weight is 287 g/mol. The van der Waals surface area contributed by atoms with Crippen LogP contribution in [0.5, 0.6) is 5.75 Å². The van der Waals surface area contributed by atoms with Crippen LogP contribution in [0.2, 0.25) is 0 Å². The van der Waals surface area contributed by atoms with Gasteiger partial charge in [0, 0.05) is 12.1 Å². The lowest BCUT2D eigenvalue weighted by molar-refractivity contribution is 0.0734. The van der Waals surface area contributed by atoms with E-state index >= 15 is 0 Å². The van der Waals surface area contributed by atoms with Crippen molar-refractivity contribution in [2.45, 2.75) is 13.3 Å². The molecule has 0 spiro atoms. The van der Waals surface area contributed by atoms with E-state index in [4.69, 9.17) is 10.00 Å². The highest BCUT2D eigenvalue weighted by Crippen LogP contribution is 2.21. The Kier molecular flexibility index (Phi) is 4.29. The van der Waals surface area contributed by atoms with Gasteiger partial charge in [0.25, 0.3) is 0 Å². The Hall–Kier alpha value is -2.74. The van der Waals surface area contributed by atoms with Gasteiger partial charge in [0.15, 0.2) is 0 Å². The molecule has 2 aromatic rings. The van der Waals surface area contributed by atoms with Crippen LogP contribution in [0.1, 0.15) is 28.4 Å². The summed E-state index contributed by atoms with van der Waals surface area (Å²) in [4.78, 5) is 11.9. The van der Waals surface area contributed by atoms with Crippen molar-refractivity contribution >= 4 is 5.97 Å². The Bertz CT molecular complexity index is 695. The molecule has 21 heavy (non-hydrogen) atoms. The number of benzene rings is 2. The van der Waals surface area contributed by atoms with Gasteiger partial charge in [-0.2, -0.15) is 5.26 Å². The van der Waals surface area contributed by atoms with E-state index in [-0.39, 0.29) is 11.3 Å². The molecule has 0 saturated heterocycles.